The maximum absolute atomic E-state index is 12.3. The van der Waals surface area contributed by atoms with Gasteiger partial charge in [-0.3, -0.25) is 0 Å². The molecule has 0 saturated carbocycles. The number of hydrogen-bond acceptors (Lipinski definition) is 4. The third-order valence-corrected chi connectivity index (χ3v) is 6.10. The van der Waals surface area contributed by atoms with E-state index >= 15 is 0 Å². The highest BCUT2D eigenvalue weighted by Crippen LogP contribution is 2.24. The zero-order chi connectivity index (χ0) is 14.8. The van der Waals surface area contributed by atoms with Gasteiger partial charge in [0.25, 0.3) is 0 Å². The van der Waals surface area contributed by atoms with Gasteiger partial charge in [-0.2, -0.15) is 0 Å². The number of aryl methyl sites for hydroxylation is 1. The van der Waals surface area contributed by atoms with Crippen molar-refractivity contribution < 1.29 is 13.5 Å². The number of nitrogens with one attached hydrogen (secondary N) is 1. The second kappa shape index (κ2) is 6.36. The molecule has 0 bridgehead atoms. The van der Waals surface area contributed by atoms with E-state index in [1.807, 2.05) is 19.1 Å². The zero-order valence-corrected chi connectivity index (χ0v) is 14.0. The van der Waals surface area contributed by atoms with Crippen molar-refractivity contribution in [3.63, 3.8) is 0 Å². The monoisotopic (exact) mass is 375 g/mol. The summed E-state index contributed by atoms with van der Waals surface area (Å²) in [6, 6.07) is 8.62. The number of sulfonamides is 1. The van der Waals surface area contributed by atoms with Gasteiger partial charge in [-0.15, -0.1) is 11.3 Å². The SMILES string of the molecule is Cc1ccc(CNS(=O)(=O)c2cc(CO)ccc2Br)s1. The number of aliphatic hydroxyl groups excluding tert-OH is 1. The summed E-state index contributed by atoms with van der Waals surface area (Å²) < 4.78 is 27.6. The molecule has 4 nitrogen and oxygen atoms in total. The lowest BCUT2D eigenvalue weighted by atomic mass is 10.2. The summed E-state index contributed by atoms with van der Waals surface area (Å²) in [7, 11) is -3.61. The van der Waals surface area contributed by atoms with Crippen LogP contribution in [0.15, 0.2) is 39.7 Å². The van der Waals surface area contributed by atoms with Gasteiger partial charge in [-0.05, 0) is 52.7 Å². The lowest BCUT2D eigenvalue weighted by molar-refractivity contribution is 0.281. The maximum Gasteiger partial charge on any atom is 0.242 e. The van der Waals surface area contributed by atoms with Crippen LogP contribution in [0.3, 0.4) is 0 Å². The van der Waals surface area contributed by atoms with Gasteiger partial charge in [0.2, 0.25) is 10.0 Å². The summed E-state index contributed by atoms with van der Waals surface area (Å²) in [5.41, 5.74) is 0.556. The Morgan fingerprint density at radius 1 is 1.30 bits per heavy atom. The van der Waals surface area contributed by atoms with Gasteiger partial charge in [-0.1, -0.05) is 6.07 Å². The van der Waals surface area contributed by atoms with E-state index in [1.54, 1.807) is 23.5 Å². The average Bonchev–Trinajstić information content (AvgIpc) is 2.83. The van der Waals surface area contributed by atoms with E-state index in [0.29, 0.717) is 10.0 Å². The molecule has 0 spiro atoms. The van der Waals surface area contributed by atoms with E-state index in [1.165, 1.54) is 6.07 Å². The van der Waals surface area contributed by atoms with Crippen LogP contribution in [0.25, 0.3) is 0 Å². The van der Waals surface area contributed by atoms with Gasteiger partial charge in [0.05, 0.1) is 11.5 Å². The van der Waals surface area contributed by atoms with Crippen LogP contribution in [0.4, 0.5) is 0 Å². The van der Waals surface area contributed by atoms with E-state index in [-0.39, 0.29) is 18.0 Å². The Morgan fingerprint density at radius 3 is 2.65 bits per heavy atom. The number of hydrogen-bond donors (Lipinski definition) is 2. The average molecular weight is 376 g/mol. The highest BCUT2D eigenvalue weighted by Gasteiger charge is 2.18. The Balaban J connectivity index is 2.21. The third-order valence-electron chi connectivity index (χ3n) is 2.70. The maximum atomic E-state index is 12.3. The molecule has 1 aromatic heterocycles. The van der Waals surface area contributed by atoms with Crippen molar-refractivity contribution in [1.29, 1.82) is 0 Å². The fourth-order valence-electron chi connectivity index (χ4n) is 1.68. The van der Waals surface area contributed by atoms with Gasteiger partial charge < -0.3 is 5.11 Å². The Kier molecular flexibility index (Phi) is 4.98. The topological polar surface area (TPSA) is 66.4 Å². The van der Waals surface area contributed by atoms with Crippen LogP contribution in [0.1, 0.15) is 15.3 Å². The second-order valence-electron chi connectivity index (χ2n) is 4.26. The number of thiophene rings is 1. The molecule has 0 atom stereocenters. The molecule has 2 aromatic rings. The van der Waals surface area contributed by atoms with Crippen LogP contribution < -0.4 is 4.72 Å². The lowest BCUT2D eigenvalue weighted by Gasteiger charge is -2.09. The van der Waals surface area contributed by atoms with Crippen molar-refractivity contribution in [2.24, 2.45) is 0 Å². The molecule has 0 amide bonds. The molecule has 7 heteroatoms. The second-order valence-corrected chi connectivity index (χ2v) is 8.22. The van der Waals surface area contributed by atoms with Gasteiger partial charge in [0.15, 0.2) is 0 Å². The Hall–Kier alpha value is -0.730. The summed E-state index contributed by atoms with van der Waals surface area (Å²) in [5, 5.41) is 9.10. The molecular weight excluding hydrogens is 362 g/mol. The zero-order valence-electron chi connectivity index (χ0n) is 10.8. The molecule has 0 fully saturated rings. The smallest absolute Gasteiger partial charge is 0.242 e. The molecule has 0 aliphatic heterocycles. The van der Waals surface area contributed by atoms with Crippen LogP contribution in [-0.2, 0) is 23.2 Å². The molecule has 0 aliphatic rings. The van der Waals surface area contributed by atoms with Crippen LogP contribution in [-0.4, -0.2) is 13.5 Å². The highest BCUT2D eigenvalue weighted by molar-refractivity contribution is 9.10. The summed E-state index contributed by atoms with van der Waals surface area (Å²) >= 11 is 4.78. The number of rotatable bonds is 5. The predicted octanol–water partition coefficient (Wildman–Crippen LogP) is 2.79. The fraction of sp³-hybridized carbons (Fsp3) is 0.231. The van der Waals surface area contributed by atoms with Crippen molar-refractivity contribution in [3.8, 4) is 0 Å². The number of benzene rings is 1. The van der Waals surface area contributed by atoms with Gasteiger partial charge >= 0.3 is 0 Å². The van der Waals surface area contributed by atoms with Crippen LogP contribution >= 0.6 is 27.3 Å². The van der Waals surface area contributed by atoms with Gasteiger partial charge in [0.1, 0.15) is 0 Å². The number of halogens is 1. The first-order chi connectivity index (χ1) is 9.42. The van der Waals surface area contributed by atoms with Crippen molar-refractivity contribution >= 4 is 37.3 Å². The number of aliphatic hydroxyl groups is 1. The molecule has 0 unspecified atom stereocenters. The largest absolute Gasteiger partial charge is 0.392 e. The minimum atomic E-state index is -3.61. The first-order valence-electron chi connectivity index (χ1n) is 5.86. The summed E-state index contributed by atoms with van der Waals surface area (Å²) in [6.07, 6.45) is 0. The van der Waals surface area contributed by atoms with Crippen molar-refractivity contribution in [3.05, 3.63) is 50.1 Å². The van der Waals surface area contributed by atoms with Crippen LogP contribution in [0.5, 0.6) is 0 Å². The van der Waals surface area contributed by atoms with Crippen molar-refractivity contribution in [2.45, 2.75) is 25.0 Å². The van der Waals surface area contributed by atoms with Crippen LogP contribution in [0, 0.1) is 6.92 Å². The van der Waals surface area contributed by atoms with E-state index in [2.05, 4.69) is 20.7 Å². The Morgan fingerprint density at radius 2 is 2.05 bits per heavy atom. The highest BCUT2D eigenvalue weighted by atomic mass is 79.9. The van der Waals surface area contributed by atoms with E-state index in [0.717, 1.165) is 9.75 Å². The summed E-state index contributed by atoms with van der Waals surface area (Å²) in [4.78, 5) is 2.24. The lowest BCUT2D eigenvalue weighted by Crippen LogP contribution is -2.23. The summed E-state index contributed by atoms with van der Waals surface area (Å²) in [5.74, 6) is 0. The fourth-order valence-corrected chi connectivity index (χ4v) is 4.62. The van der Waals surface area contributed by atoms with E-state index < -0.39 is 10.0 Å². The van der Waals surface area contributed by atoms with E-state index in [4.69, 9.17) is 5.11 Å². The predicted molar refractivity (Wildman–Crippen MR) is 83.1 cm³/mol. The molecule has 20 heavy (non-hydrogen) atoms. The van der Waals surface area contributed by atoms with Gasteiger partial charge in [0, 0.05) is 20.8 Å². The first-order valence-corrected chi connectivity index (χ1v) is 8.96. The normalized spacial score (nSPS) is 11.8. The molecular formula is C13H14BrNO3S2. The van der Waals surface area contributed by atoms with E-state index in [9.17, 15) is 8.42 Å². The molecule has 108 valence electrons. The molecule has 0 aliphatic carbocycles. The minimum Gasteiger partial charge on any atom is -0.392 e. The molecule has 1 heterocycles. The van der Waals surface area contributed by atoms with Crippen molar-refractivity contribution in [2.75, 3.05) is 0 Å². The Labute approximate surface area is 130 Å². The standard InChI is InChI=1S/C13H14BrNO3S2/c1-9-2-4-11(19-9)7-15-20(17,18)13-6-10(8-16)3-5-12(13)14/h2-6,15-16H,7-8H2,1H3. The van der Waals surface area contributed by atoms with Gasteiger partial charge in [-0.25, -0.2) is 13.1 Å². The van der Waals surface area contributed by atoms with Crippen LogP contribution in [0.2, 0.25) is 0 Å². The molecule has 2 rings (SSSR count). The molecule has 1 aromatic carbocycles. The molecule has 0 saturated heterocycles. The van der Waals surface area contributed by atoms with Crippen molar-refractivity contribution in [1.82, 2.24) is 4.72 Å². The first kappa shape index (κ1) is 15.7. The third kappa shape index (κ3) is 3.67. The molecule has 0 radical (unpaired) electrons. The Bertz CT molecular complexity index is 710. The minimum absolute atomic E-state index is 0.136. The molecule has 2 N–H and O–H groups in total. The summed E-state index contributed by atoms with van der Waals surface area (Å²) in [6.45, 7) is 2.04. The quantitative estimate of drug-likeness (QED) is 0.844.